The van der Waals surface area contributed by atoms with Crippen LogP contribution in [-0.2, 0) is 6.42 Å². The van der Waals surface area contributed by atoms with Crippen molar-refractivity contribution in [3.8, 4) is 0 Å². The van der Waals surface area contributed by atoms with Crippen LogP contribution < -0.4 is 10.6 Å². The summed E-state index contributed by atoms with van der Waals surface area (Å²) in [5.74, 6) is 0.870. The number of hydrogen-bond donors (Lipinski definition) is 2. The SMILES string of the molecule is CC1CC(NC(=O)c2cccc3c2CCCN3)C1.Cl. The van der Waals surface area contributed by atoms with Crippen LogP contribution in [0.1, 0.15) is 42.1 Å². The van der Waals surface area contributed by atoms with Crippen LogP contribution >= 0.6 is 12.4 Å². The van der Waals surface area contributed by atoms with E-state index in [9.17, 15) is 4.79 Å². The summed E-state index contributed by atoms with van der Waals surface area (Å²) in [5.41, 5.74) is 3.18. The third-order valence-corrected chi connectivity index (χ3v) is 4.05. The van der Waals surface area contributed by atoms with Crippen molar-refractivity contribution in [3.63, 3.8) is 0 Å². The normalized spacial score (nSPS) is 24.3. The van der Waals surface area contributed by atoms with Gasteiger partial charge in [0, 0.05) is 23.8 Å². The quantitative estimate of drug-likeness (QED) is 0.874. The van der Waals surface area contributed by atoms with Crippen LogP contribution in [0.25, 0.3) is 0 Å². The van der Waals surface area contributed by atoms with Gasteiger partial charge in [-0.3, -0.25) is 4.79 Å². The van der Waals surface area contributed by atoms with E-state index in [1.54, 1.807) is 0 Å². The van der Waals surface area contributed by atoms with Crippen LogP contribution in [-0.4, -0.2) is 18.5 Å². The molecular weight excluding hydrogens is 260 g/mol. The van der Waals surface area contributed by atoms with Crippen LogP contribution in [0.15, 0.2) is 18.2 Å². The molecule has 0 radical (unpaired) electrons. The van der Waals surface area contributed by atoms with Gasteiger partial charge in [0.15, 0.2) is 0 Å². The Balaban J connectivity index is 0.00000133. The summed E-state index contributed by atoms with van der Waals surface area (Å²) in [5, 5.41) is 6.51. The number of anilines is 1. The molecule has 104 valence electrons. The maximum absolute atomic E-state index is 12.3. The van der Waals surface area contributed by atoms with E-state index < -0.39 is 0 Å². The molecule has 1 saturated carbocycles. The summed E-state index contributed by atoms with van der Waals surface area (Å²) < 4.78 is 0. The number of amides is 1. The lowest BCUT2D eigenvalue weighted by Gasteiger charge is -2.33. The highest BCUT2D eigenvalue weighted by atomic mass is 35.5. The fourth-order valence-corrected chi connectivity index (χ4v) is 3.01. The molecule has 19 heavy (non-hydrogen) atoms. The predicted molar refractivity (Wildman–Crippen MR) is 80.2 cm³/mol. The molecule has 0 aromatic heterocycles. The molecule has 1 fully saturated rings. The van der Waals surface area contributed by atoms with Gasteiger partial charge in [0.1, 0.15) is 0 Å². The fourth-order valence-electron chi connectivity index (χ4n) is 3.01. The van der Waals surface area contributed by atoms with E-state index in [4.69, 9.17) is 0 Å². The van der Waals surface area contributed by atoms with Gasteiger partial charge in [-0.15, -0.1) is 12.4 Å². The number of carbonyl (C=O) groups excluding carboxylic acids is 1. The first kappa shape index (κ1) is 14.2. The zero-order valence-electron chi connectivity index (χ0n) is 11.2. The van der Waals surface area contributed by atoms with Crippen LogP contribution in [0.4, 0.5) is 5.69 Å². The second-order valence-corrected chi connectivity index (χ2v) is 5.61. The fraction of sp³-hybridized carbons (Fsp3) is 0.533. The van der Waals surface area contributed by atoms with E-state index in [0.29, 0.717) is 6.04 Å². The molecule has 1 aliphatic heterocycles. The molecule has 1 heterocycles. The summed E-state index contributed by atoms with van der Waals surface area (Å²) in [6.45, 7) is 3.25. The largest absolute Gasteiger partial charge is 0.385 e. The van der Waals surface area contributed by atoms with Gasteiger partial charge in [-0.25, -0.2) is 0 Å². The molecule has 1 amide bonds. The van der Waals surface area contributed by atoms with Crippen LogP contribution in [0, 0.1) is 5.92 Å². The molecule has 0 unspecified atom stereocenters. The molecule has 1 aromatic rings. The van der Waals surface area contributed by atoms with E-state index >= 15 is 0 Å². The molecule has 1 aromatic carbocycles. The Morgan fingerprint density at radius 2 is 2.16 bits per heavy atom. The van der Waals surface area contributed by atoms with E-state index in [1.165, 1.54) is 5.56 Å². The molecule has 0 saturated heterocycles. The van der Waals surface area contributed by atoms with Crippen molar-refractivity contribution in [2.24, 2.45) is 5.92 Å². The molecule has 0 spiro atoms. The first-order valence-corrected chi connectivity index (χ1v) is 6.90. The van der Waals surface area contributed by atoms with Crippen molar-refractivity contribution in [3.05, 3.63) is 29.3 Å². The molecule has 4 heteroatoms. The lowest BCUT2D eigenvalue weighted by Crippen LogP contribution is -2.43. The minimum absolute atomic E-state index is 0. The molecule has 2 aliphatic rings. The average Bonchev–Trinajstić information content (AvgIpc) is 2.36. The van der Waals surface area contributed by atoms with Gasteiger partial charge < -0.3 is 10.6 Å². The lowest BCUT2D eigenvalue weighted by molar-refractivity contribution is 0.0895. The van der Waals surface area contributed by atoms with Gasteiger partial charge in [0.25, 0.3) is 5.91 Å². The van der Waals surface area contributed by atoms with Gasteiger partial charge in [-0.1, -0.05) is 13.0 Å². The maximum atomic E-state index is 12.3. The van der Waals surface area contributed by atoms with Gasteiger partial charge in [-0.2, -0.15) is 0 Å². The zero-order valence-corrected chi connectivity index (χ0v) is 12.1. The van der Waals surface area contributed by atoms with Gasteiger partial charge in [0.05, 0.1) is 0 Å². The highest BCUT2D eigenvalue weighted by Crippen LogP contribution is 2.28. The molecule has 1 aliphatic carbocycles. The first-order chi connectivity index (χ1) is 8.74. The second kappa shape index (κ2) is 5.83. The smallest absolute Gasteiger partial charge is 0.251 e. The Labute approximate surface area is 120 Å². The summed E-state index contributed by atoms with van der Waals surface area (Å²) in [6, 6.07) is 6.37. The predicted octanol–water partition coefficient (Wildman–Crippen LogP) is 2.99. The highest BCUT2D eigenvalue weighted by molar-refractivity contribution is 5.97. The van der Waals surface area contributed by atoms with E-state index in [-0.39, 0.29) is 18.3 Å². The van der Waals surface area contributed by atoms with Crippen molar-refractivity contribution in [2.45, 2.75) is 38.6 Å². The van der Waals surface area contributed by atoms with Crippen molar-refractivity contribution < 1.29 is 4.79 Å². The van der Waals surface area contributed by atoms with E-state index in [2.05, 4.69) is 23.6 Å². The Hall–Kier alpha value is -1.22. The van der Waals surface area contributed by atoms with Crippen LogP contribution in [0.3, 0.4) is 0 Å². The Kier molecular flexibility index (Phi) is 4.35. The maximum Gasteiger partial charge on any atom is 0.251 e. The number of fused-ring (bicyclic) bond motifs is 1. The third kappa shape index (κ3) is 2.86. The number of hydrogen-bond acceptors (Lipinski definition) is 2. The molecule has 2 N–H and O–H groups in total. The van der Waals surface area contributed by atoms with E-state index in [1.807, 2.05) is 12.1 Å². The first-order valence-electron chi connectivity index (χ1n) is 6.90. The molecule has 3 nitrogen and oxygen atoms in total. The summed E-state index contributed by atoms with van der Waals surface area (Å²) in [7, 11) is 0. The van der Waals surface area contributed by atoms with Gasteiger partial charge in [-0.05, 0) is 49.3 Å². The summed E-state index contributed by atoms with van der Waals surface area (Å²) in [6.07, 6.45) is 4.36. The monoisotopic (exact) mass is 280 g/mol. The second-order valence-electron chi connectivity index (χ2n) is 5.61. The number of benzene rings is 1. The minimum atomic E-state index is 0. The van der Waals surface area contributed by atoms with Crippen LogP contribution in [0.2, 0.25) is 0 Å². The third-order valence-electron chi connectivity index (χ3n) is 4.05. The topological polar surface area (TPSA) is 41.1 Å². The minimum Gasteiger partial charge on any atom is -0.385 e. The zero-order chi connectivity index (χ0) is 12.5. The van der Waals surface area contributed by atoms with Crippen LogP contribution in [0.5, 0.6) is 0 Å². The number of halogens is 1. The van der Waals surface area contributed by atoms with Crippen molar-refractivity contribution in [1.82, 2.24) is 5.32 Å². The molecule has 3 rings (SSSR count). The molecular formula is C15H21ClN2O. The lowest BCUT2D eigenvalue weighted by atomic mass is 9.81. The standard InChI is InChI=1S/C15H20N2O.ClH/c1-10-8-11(9-10)17-15(18)13-4-2-6-14-12(13)5-3-7-16-14;/h2,4,6,10-11,16H,3,5,7-9H2,1H3,(H,17,18);1H. The number of nitrogens with one attached hydrogen (secondary N) is 2. The average molecular weight is 281 g/mol. The summed E-state index contributed by atoms with van der Waals surface area (Å²) >= 11 is 0. The summed E-state index contributed by atoms with van der Waals surface area (Å²) in [4.78, 5) is 12.3. The Bertz CT molecular complexity index is 469. The van der Waals surface area contributed by atoms with Gasteiger partial charge in [0.2, 0.25) is 0 Å². The van der Waals surface area contributed by atoms with E-state index in [0.717, 1.165) is 49.4 Å². The molecule has 0 atom stereocenters. The Morgan fingerprint density at radius 3 is 2.89 bits per heavy atom. The molecule has 0 bridgehead atoms. The number of carbonyl (C=O) groups is 1. The van der Waals surface area contributed by atoms with Crippen molar-refractivity contribution >= 4 is 24.0 Å². The number of rotatable bonds is 2. The van der Waals surface area contributed by atoms with Crippen molar-refractivity contribution in [1.29, 1.82) is 0 Å². The van der Waals surface area contributed by atoms with Gasteiger partial charge >= 0.3 is 0 Å². The van der Waals surface area contributed by atoms with Crippen molar-refractivity contribution in [2.75, 3.05) is 11.9 Å². The Morgan fingerprint density at radius 1 is 1.37 bits per heavy atom. The highest BCUT2D eigenvalue weighted by Gasteiger charge is 2.27.